The van der Waals surface area contributed by atoms with Crippen molar-refractivity contribution in [1.29, 1.82) is 0 Å². The molecule has 0 spiro atoms. The van der Waals surface area contributed by atoms with Crippen LogP contribution in [0, 0.1) is 0 Å². The Balaban J connectivity index is 1.47. The highest BCUT2D eigenvalue weighted by atomic mass is 16.5. The molecule has 4 heterocycles. The number of nitrogens with zero attached hydrogens (tertiary/aromatic N) is 4. The Morgan fingerprint density at radius 1 is 1.00 bits per heavy atom. The number of carbonyl (C=O) groups excluding carboxylic acids is 2. The van der Waals surface area contributed by atoms with E-state index in [1.54, 1.807) is 11.1 Å². The van der Waals surface area contributed by atoms with E-state index in [2.05, 4.69) is 30.8 Å². The molecule has 3 aliphatic heterocycles. The molecule has 190 valence electrons. The first-order valence-electron chi connectivity index (χ1n) is 12.3. The topological polar surface area (TPSA) is 121 Å². The second kappa shape index (κ2) is 10.8. The number of hydrogen-bond acceptors (Lipinski definition) is 9. The number of morpholine rings is 1. The molecule has 1 aromatic heterocycles. The molecular formula is C25H31N7O4. The number of aromatic nitrogens is 2. The van der Waals surface area contributed by atoms with Crippen LogP contribution < -0.4 is 25.6 Å². The van der Waals surface area contributed by atoms with Gasteiger partial charge in [-0.05, 0) is 25.0 Å². The van der Waals surface area contributed by atoms with Gasteiger partial charge in [0.15, 0.2) is 0 Å². The highest BCUT2D eigenvalue weighted by molar-refractivity contribution is 6.32. The van der Waals surface area contributed by atoms with Gasteiger partial charge in [0, 0.05) is 57.6 Å². The minimum atomic E-state index is -0.248. The molecule has 0 atom stereocenters. The van der Waals surface area contributed by atoms with E-state index >= 15 is 0 Å². The highest BCUT2D eigenvalue weighted by Crippen LogP contribution is 2.36. The molecule has 2 amide bonds. The van der Waals surface area contributed by atoms with Crippen molar-refractivity contribution >= 4 is 40.4 Å². The Kier molecular flexibility index (Phi) is 7.17. The Bertz CT molecular complexity index is 1160. The molecule has 1 aromatic carbocycles. The Hall–Kier alpha value is -3.86. The largest absolute Gasteiger partial charge is 0.491 e. The van der Waals surface area contributed by atoms with Gasteiger partial charge in [-0.3, -0.25) is 9.59 Å². The third-order valence-electron chi connectivity index (χ3n) is 6.47. The van der Waals surface area contributed by atoms with Gasteiger partial charge in [0.1, 0.15) is 23.7 Å². The van der Waals surface area contributed by atoms with Gasteiger partial charge in [-0.25, -0.2) is 9.97 Å². The lowest BCUT2D eigenvalue weighted by molar-refractivity contribution is -0.130. The van der Waals surface area contributed by atoms with E-state index in [-0.39, 0.29) is 11.8 Å². The lowest BCUT2D eigenvalue weighted by Crippen LogP contribution is -2.36. The lowest BCUT2D eigenvalue weighted by Gasteiger charge is -2.30. The molecule has 3 N–H and O–H groups in total. The maximum Gasteiger partial charge on any atom is 0.259 e. The summed E-state index contributed by atoms with van der Waals surface area (Å²) in [5, 5.41) is 9.35. The standard InChI is InChI=1S/C25H31N7O4/c1-31-8-3-7-26-23-22-18(25(34)30-24(22)29-16-28-23)15-27-17-5-6-19(32-9-12-35-13-10-32)20(14-17)36-11-2-4-21(31)33/h5-6,14-16,27H,2-4,7-13H2,1H3,(H2,26,28,29,30,34)/b18-15-. The van der Waals surface area contributed by atoms with Gasteiger partial charge in [0.2, 0.25) is 5.91 Å². The second-order valence-corrected chi connectivity index (χ2v) is 8.93. The second-order valence-electron chi connectivity index (χ2n) is 8.93. The normalized spacial score (nSPS) is 20.5. The van der Waals surface area contributed by atoms with Crippen molar-refractivity contribution in [3.8, 4) is 5.75 Å². The molecule has 36 heavy (non-hydrogen) atoms. The van der Waals surface area contributed by atoms with Crippen LogP contribution in [0.4, 0.5) is 23.0 Å². The van der Waals surface area contributed by atoms with Crippen molar-refractivity contribution in [3.63, 3.8) is 0 Å². The monoisotopic (exact) mass is 493 g/mol. The summed E-state index contributed by atoms with van der Waals surface area (Å²) in [5.41, 5.74) is 2.83. The van der Waals surface area contributed by atoms with Crippen LogP contribution in [-0.2, 0) is 14.3 Å². The average Bonchev–Trinajstić information content (AvgIpc) is 3.23. The summed E-state index contributed by atoms with van der Waals surface area (Å²) in [6.45, 7) is 4.54. The first-order chi connectivity index (χ1) is 17.6. The van der Waals surface area contributed by atoms with E-state index in [9.17, 15) is 9.59 Å². The average molecular weight is 494 g/mol. The molecule has 2 bridgehead atoms. The SMILES string of the molecule is CN1CCCNc2ncnc3c2/C(=C/Nc2ccc(N4CCOCC4)c(c2)OCCCC1=O)C(=O)N3. The number of hydrogen-bond donors (Lipinski definition) is 3. The predicted octanol–water partition coefficient (Wildman–Crippen LogP) is 2.15. The van der Waals surface area contributed by atoms with Gasteiger partial charge in [-0.15, -0.1) is 0 Å². The smallest absolute Gasteiger partial charge is 0.259 e. The van der Waals surface area contributed by atoms with Crippen LogP contribution in [0.5, 0.6) is 5.75 Å². The van der Waals surface area contributed by atoms with E-state index in [1.807, 2.05) is 25.2 Å². The molecule has 11 nitrogen and oxygen atoms in total. The van der Waals surface area contributed by atoms with Gasteiger partial charge in [-0.2, -0.15) is 0 Å². The third-order valence-corrected chi connectivity index (χ3v) is 6.47. The zero-order valence-corrected chi connectivity index (χ0v) is 20.4. The number of benzene rings is 1. The summed E-state index contributed by atoms with van der Waals surface area (Å²) in [4.78, 5) is 37.9. The molecule has 0 saturated carbocycles. The first kappa shape index (κ1) is 23.9. The van der Waals surface area contributed by atoms with E-state index in [1.165, 1.54) is 6.33 Å². The van der Waals surface area contributed by atoms with Gasteiger partial charge in [0.25, 0.3) is 5.91 Å². The van der Waals surface area contributed by atoms with Crippen LogP contribution in [0.3, 0.4) is 0 Å². The minimum absolute atomic E-state index is 0.0893. The van der Waals surface area contributed by atoms with Crippen LogP contribution in [-0.4, -0.2) is 79.7 Å². The summed E-state index contributed by atoms with van der Waals surface area (Å²) in [6, 6.07) is 5.89. The van der Waals surface area contributed by atoms with Crippen molar-refractivity contribution in [2.45, 2.75) is 19.3 Å². The molecule has 1 saturated heterocycles. The first-order valence-corrected chi connectivity index (χ1v) is 12.3. The summed E-state index contributed by atoms with van der Waals surface area (Å²) >= 11 is 0. The van der Waals surface area contributed by atoms with Crippen LogP contribution in [0.2, 0.25) is 0 Å². The predicted molar refractivity (Wildman–Crippen MR) is 137 cm³/mol. The Labute approximate surface area is 209 Å². The van der Waals surface area contributed by atoms with Crippen molar-refractivity contribution in [1.82, 2.24) is 14.9 Å². The Morgan fingerprint density at radius 3 is 2.69 bits per heavy atom. The molecule has 0 radical (unpaired) electrons. The van der Waals surface area contributed by atoms with Crippen molar-refractivity contribution in [2.75, 3.05) is 73.9 Å². The van der Waals surface area contributed by atoms with Crippen molar-refractivity contribution in [2.24, 2.45) is 0 Å². The van der Waals surface area contributed by atoms with E-state index < -0.39 is 0 Å². The zero-order chi connectivity index (χ0) is 24.9. The molecule has 1 fully saturated rings. The van der Waals surface area contributed by atoms with E-state index in [0.717, 1.165) is 36.6 Å². The van der Waals surface area contributed by atoms with Crippen LogP contribution in [0.1, 0.15) is 24.8 Å². The molecular weight excluding hydrogens is 462 g/mol. The number of ether oxygens (including phenoxy) is 2. The van der Waals surface area contributed by atoms with Gasteiger partial charge < -0.3 is 35.2 Å². The molecule has 3 aliphatic rings. The Morgan fingerprint density at radius 2 is 1.83 bits per heavy atom. The number of anilines is 4. The van der Waals surface area contributed by atoms with Gasteiger partial charge in [-0.1, -0.05) is 0 Å². The molecule has 11 heteroatoms. The number of rotatable bonds is 1. The van der Waals surface area contributed by atoms with Crippen molar-refractivity contribution < 1.29 is 19.1 Å². The number of amides is 2. The van der Waals surface area contributed by atoms with Gasteiger partial charge >= 0.3 is 0 Å². The minimum Gasteiger partial charge on any atom is -0.491 e. The lowest BCUT2D eigenvalue weighted by atomic mass is 10.1. The fourth-order valence-corrected chi connectivity index (χ4v) is 4.48. The highest BCUT2D eigenvalue weighted by Gasteiger charge is 2.29. The quantitative estimate of drug-likeness (QED) is 0.549. The fraction of sp³-hybridized carbons (Fsp3) is 0.440. The fourth-order valence-electron chi connectivity index (χ4n) is 4.48. The summed E-state index contributed by atoms with van der Waals surface area (Å²) in [6.07, 6.45) is 4.89. The molecule has 0 aliphatic carbocycles. The van der Waals surface area contributed by atoms with E-state index in [0.29, 0.717) is 68.5 Å². The molecule has 0 unspecified atom stereocenters. The number of carbonyl (C=O) groups is 2. The number of nitrogens with one attached hydrogen (secondary N) is 3. The van der Waals surface area contributed by atoms with Crippen LogP contribution in [0.15, 0.2) is 30.7 Å². The van der Waals surface area contributed by atoms with Gasteiger partial charge in [0.05, 0.1) is 36.6 Å². The summed E-state index contributed by atoms with van der Waals surface area (Å²) < 4.78 is 11.7. The molecule has 5 rings (SSSR count). The van der Waals surface area contributed by atoms with Crippen LogP contribution >= 0.6 is 0 Å². The van der Waals surface area contributed by atoms with Crippen molar-refractivity contribution in [3.05, 3.63) is 36.3 Å². The third kappa shape index (κ3) is 5.20. The zero-order valence-electron chi connectivity index (χ0n) is 20.4. The maximum atomic E-state index is 12.7. The summed E-state index contributed by atoms with van der Waals surface area (Å²) in [5.74, 6) is 1.62. The summed E-state index contributed by atoms with van der Waals surface area (Å²) in [7, 11) is 1.82. The maximum absolute atomic E-state index is 12.7. The number of fused-ring (bicyclic) bond motifs is 2. The van der Waals surface area contributed by atoms with E-state index in [4.69, 9.17) is 9.47 Å². The van der Waals surface area contributed by atoms with Crippen LogP contribution in [0.25, 0.3) is 5.57 Å². The molecule has 2 aromatic rings.